The van der Waals surface area contributed by atoms with Crippen LogP contribution in [0, 0.1) is 0 Å². The van der Waals surface area contributed by atoms with Crippen molar-refractivity contribution < 1.29 is 46.7 Å². The Morgan fingerprint density at radius 3 is 1.35 bits per heavy atom. The number of rotatable bonds is 8. The zero-order chi connectivity index (χ0) is 27.1. The Morgan fingerprint density at radius 1 is 0.649 bits per heavy atom. The lowest BCUT2D eigenvalue weighted by Crippen LogP contribution is -2.33. The number of amides is 4. The molecule has 0 aliphatic carbocycles. The Morgan fingerprint density at radius 2 is 1.00 bits per heavy atom. The Hall–Kier alpha value is -4.39. The fraction of sp³-hybridized carbons (Fsp3) is 0.250. The number of benzene rings is 2. The summed E-state index contributed by atoms with van der Waals surface area (Å²) in [5, 5.41) is 0. The predicted molar refractivity (Wildman–Crippen MR) is 122 cm³/mol. The van der Waals surface area contributed by atoms with Gasteiger partial charge in [0.1, 0.15) is 13.2 Å². The summed E-state index contributed by atoms with van der Waals surface area (Å²) in [6.07, 6.45) is 0. The molecule has 2 heterocycles. The van der Waals surface area contributed by atoms with Crippen molar-refractivity contribution in [3.63, 3.8) is 0 Å². The van der Waals surface area contributed by atoms with E-state index >= 15 is 0 Å². The molecule has 2 aromatic rings. The largest absolute Gasteiger partial charge is 0.464 e. The van der Waals surface area contributed by atoms with E-state index in [9.17, 15) is 37.2 Å². The highest BCUT2D eigenvalue weighted by Gasteiger charge is 2.38. The SMILES string of the molecule is CC(=O)OCCN1C(=O)c2ccc(S(=O)(=O)c3ccc4c(c3)C(=O)N(CCOC(C)=O)C4=O)cc2C1=O. The van der Waals surface area contributed by atoms with Gasteiger partial charge in [0, 0.05) is 13.8 Å². The topological polar surface area (TPSA) is 161 Å². The van der Waals surface area contributed by atoms with Crippen molar-refractivity contribution in [2.75, 3.05) is 26.3 Å². The number of carbonyl (C=O) groups is 6. The summed E-state index contributed by atoms with van der Waals surface area (Å²) in [5.41, 5.74) is -0.245. The zero-order valence-electron chi connectivity index (χ0n) is 19.7. The van der Waals surface area contributed by atoms with E-state index in [4.69, 9.17) is 9.47 Å². The van der Waals surface area contributed by atoms with E-state index < -0.39 is 45.4 Å². The van der Waals surface area contributed by atoms with Gasteiger partial charge in [0.15, 0.2) is 0 Å². The minimum absolute atomic E-state index is 0.00456. The van der Waals surface area contributed by atoms with Crippen LogP contribution in [0.25, 0.3) is 0 Å². The molecule has 0 fully saturated rings. The van der Waals surface area contributed by atoms with Crippen LogP contribution in [0.3, 0.4) is 0 Å². The number of fused-ring (bicyclic) bond motifs is 2. The van der Waals surface area contributed by atoms with Gasteiger partial charge in [-0.3, -0.25) is 38.6 Å². The van der Waals surface area contributed by atoms with Gasteiger partial charge in [-0.25, -0.2) is 8.42 Å². The van der Waals surface area contributed by atoms with Gasteiger partial charge in [-0.05, 0) is 36.4 Å². The molecule has 2 aromatic carbocycles. The summed E-state index contributed by atoms with van der Waals surface area (Å²) in [4.78, 5) is 73.6. The van der Waals surface area contributed by atoms with Crippen molar-refractivity contribution >= 4 is 45.4 Å². The van der Waals surface area contributed by atoms with Crippen molar-refractivity contribution in [2.24, 2.45) is 0 Å². The number of hydrogen-bond acceptors (Lipinski definition) is 10. The maximum Gasteiger partial charge on any atom is 0.302 e. The number of carbonyl (C=O) groups excluding carboxylic acids is 6. The molecule has 2 aliphatic heterocycles. The molecular weight excluding hydrogens is 508 g/mol. The average Bonchev–Trinajstić information content (AvgIpc) is 3.23. The van der Waals surface area contributed by atoms with E-state index in [2.05, 4.69) is 0 Å². The maximum atomic E-state index is 13.3. The highest BCUT2D eigenvalue weighted by atomic mass is 32.2. The first-order valence-electron chi connectivity index (χ1n) is 11.0. The molecular formula is C24H20N2O10S. The van der Waals surface area contributed by atoms with E-state index in [1.54, 1.807) is 0 Å². The lowest BCUT2D eigenvalue weighted by atomic mass is 10.1. The maximum absolute atomic E-state index is 13.3. The second-order valence-corrected chi connectivity index (χ2v) is 10.1. The molecule has 13 heteroatoms. The third-order valence-corrected chi connectivity index (χ3v) is 7.49. The summed E-state index contributed by atoms with van der Waals surface area (Å²) < 4.78 is 36.2. The van der Waals surface area contributed by atoms with Crippen LogP contribution in [0.4, 0.5) is 0 Å². The molecule has 4 rings (SSSR count). The Labute approximate surface area is 210 Å². The fourth-order valence-corrected chi connectivity index (χ4v) is 5.29. The smallest absolute Gasteiger partial charge is 0.302 e. The van der Waals surface area contributed by atoms with Gasteiger partial charge >= 0.3 is 11.9 Å². The number of sulfone groups is 1. The van der Waals surface area contributed by atoms with Crippen LogP contribution < -0.4 is 0 Å². The first kappa shape index (κ1) is 25.7. The van der Waals surface area contributed by atoms with E-state index in [0.29, 0.717) is 0 Å². The van der Waals surface area contributed by atoms with Gasteiger partial charge in [0.05, 0.1) is 45.1 Å². The van der Waals surface area contributed by atoms with Crippen LogP contribution in [-0.2, 0) is 28.9 Å². The van der Waals surface area contributed by atoms with Crippen molar-refractivity contribution in [2.45, 2.75) is 23.6 Å². The van der Waals surface area contributed by atoms with Gasteiger partial charge in [0.2, 0.25) is 9.84 Å². The minimum Gasteiger partial charge on any atom is -0.464 e. The molecule has 0 radical (unpaired) electrons. The minimum atomic E-state index is -4.26. The third-order valence-electron chi connectivity index (χ3n) is 5.75. The monoisotopic (exact) mass is 528 g/mol. The molecule has 0 aromatic heterocycles. The highest BCUT2D eigenvalue weighted by molar-refractivity contribution is 7.91. The first-order chi connectivity index (χ1) is 17.4. The van der Waals surface area contributed by atoms with Gasteiger partial charge in [-0.2, -0.15) is 0 Å². The first-order valence-corrected chi connectivity index (χ1v) is 12.4. The Balaban J connectivity index is 1.60. The van der Waals surface area contributed by atoms with Gasteiger partial charge < -0.3 is 9.47 Å². The van der Waals surface area contributed by atoms with Crippen LogP contribution in [0.5, 0.6) is 0 Å². The summed E-state index contributed by atoms with van der Waals surface area (Å²) in [7, 11) is -4.26. The second kappa shape index (κ2) is 9.58. The lowest BCUT2D eigenvalue weighted by molar-refractivity contribution is -0.142. The van der Waals surface area contributed by atoms with Gasteiger partial charge in [-0.15, -0.1) is 0 Å². The van der Waals surface area contributed by atoms with Crippen molar-refractivity contribution in [3.8, 4) is 0 Å². The molecule has 0 saturated heterocycles. The lowest BCUT2D eigenvalue weighted by Gasteiger charge is -2.13. The third kappa shape index (κ3) is 4.60. The second-order valence-electron chi connectivity index (χ2n) is 8.12. The Kier molecular flexibility index (Phi) is 6.65. The van der Waals surface area contributed by atoms with Crippen molar-refractivity contribution in [3.05, 3.63) is 58.7 Å². The predicted octanol–water partition coefficient (Wildman–Crippen LogP) is 0.838. The number of esters is 2. The summed E-state index contributed by atoms with van der Waals surface area (Å²) in [6.45, 7) is 1.58. The molecule has 0 N–H and O–H groups in total. The van der Waals surface area contributed by atoms with Gasteiger partial charge in [0.25, 0.3) is 23.6 Å². The molecule has 2 aliphatic rings. The molecule has 0 unspecified atom stereocenters. The average molecular weight is 528 g/mol. The highest BCUT2D eigenvalue weighted by Crippen LogP contribution is 2.31. The van der Waals surface area contributed by atoms with Crippen molar-refractivity contribution in [1.29, 1.82) is 0 Å². The summed E-state index contributed by atoms with van der Waals surface area (Å²) >= 11 is 0. The molecule has 0 saturated carbocycles. The van der Waals surface area contributed by atoms with Crippen LogP contribution in [0.15, 0.2) is 46.2 Å². The fourth-order valence-electron chi connectivity index (χ4n) is 3.98. The van der Waals surface area contributed by atoms with Crippen LogP contribution in [0.1, 0.15) is 55.3 Å². The number of hydrogen-bond donors (Lipinski definition) is 0. The zero-order valence-corrected chi connectivity index (χ0v) is 20.5. The normalized spacial score (nSPS) is 14.6. The van der Waals surface area contributed by atoms with E-state index in [1.165, 1.54) is 38.1 Å². The molecule has 4 amide bonds. The molecule has 192 valence electrons. The molecule has 0 spiro atoms. The number of imide groups is 2. The van der Waals surface area contributed by atoms with Crippen LogP contribution in [-0.4, -0.2) is 80.1 Å². The molecule has 12 nitrogen and oxygen atoms in total. The molecule has 37 heavy (non-hydrogen) atoms. The number of ether oxygens (including phenoxy) is 2. The summed E-state index contributed by atoms with van der Waals surface area (Å²) in [5.74, 6) is -3.91. The van der Waals surface area contributed by atoms with E-state index in [0.717, 1.165) is 21.9 Å². The van der Waals surface area contributed by atoms with Crippen molar-refractivity contribution in [1.82, 2.24) is 9.80 Å². The number of nitrogens with zero attached hydrogens (tertiary/aromatic N) is 2. The van der Waals surface area contributed by atoms with Gasteiger partial charge in [-0.1, -0.05) is 0 Å². The van der Waals surface area contributed by atoms with Crippen LogP contribution in [0.2, 0.25) is 0 Å². The van der Waals surface area contributed by atoms with E-state index in [1.807, 2.05) is 0 Å². The quantitative estimate of drug-likeness (QED) is 0.354. The van der Waals surface area contributed by atoms with Crippen LogP contribution >= 0.6 is 0 Å². The summed E-state index contributed by atoms with van der Waals surface area (Å²) in [6, 6.07) is 6.91. The molecule has 0 atom stereocenters. The standard InChI is InChI=1S/C24H20N2O10S/c1-13(27)35-9-7-25-21(29)17-5-3-15(11-19(17)23(25)31)37(33,34)16-4-6-18-20(12-16)24(32)26(22(18)30)8-10-36-14(2)28/h3-6,11-12H,7-10H2,1-2H3. The van der Waals surface area contributed by atoms with E-state index in [-0.39, 0.29) is 58.3 Å². The Bertz CT molecular complexity index is 1390. The molecule has 0 bridgehead atoms.